The summed E-state index contributed by atoms with van der Waals surface area (Å²) < 4.78 is 37.1. The minimum Gasteiger partial charge on any atom is -0.395 e. The Labute approximate surface area is 134 Å². The van der Waals surface area contributed by atoms with Crippen molar-refractivity contribution in [3.05, 3.63) is 24.3 Å². The molecule has 0 bridgehead atoms. The van der Waals surface area contributed by atoms with Crippen LogP contribution >= 0.6 is 0 Å². The Kier molecular flexibility index (Phi) is 6.12. The lowest BCUT2D eigenvalue weighted by atomic mass is 10.0. The maximum absolute atomic E-state index is 12.4. The van der Waals surface area contributed by atoms with Crippen LogP contribution in [-0.4, -0.2) is 62.1 Å². The molecule has 1 saturated heterocycles. The largest absolute Gasteiger partial charge is 0.401 e. The quantitative estimate of drug-likeness (QED) is 0.840. The molecule has 0 radical (unpaired) electrons. The third kappa shape index (κ3) is 5.91. The summed E-state index contributed by atoms with van der Waals surface area (Å²) in [5.74, 6) is 0. The van der Waals surface area contributed by atoms with Gasteiger partial charge in [0.2, 0.25) is 0 Å². The fourth-order valence-electron chi connectivity index (χ4n) is 2.82. The summed E-state index contributed by atoms with van der Waals surface area (Å²) in [7, 11) is 1.91. The summed E-state index contributed by atoms with van der Waals surface area (Å²) in [6.45, 7) is 0.798. The van der Waals surface area contributed by atoms with Crippen molar-refractivity contribution in [1.82, 2.24) is 4.90 Å². The number of aliphatic hydroxyl groups excluding tert-OH is 1. The molecule has 1 heterocycles. The van der Waals surface area contributed by atoms with Gasteiger partial charge in [-0.05, 0) is 37.1 Å². The molecular weight excluding hydrogens is 307 g/mol. The number of alkyl halides is 3. The first kappa shape index (κ1) is 17.9. The normalized spacial score (nSPS) is 17.3. The van der Waals surface area contributed by atoms with E-state index in [1.807, 2.05) is 36.2 Å². The average Bonchev–Trinajstić information content (AvgIpc) is 2.49. The van der Waals surface area contributed by atoms with Gasteiger partial charge in [-0.3, -0.25) is 4.90 Å². The minimum atomic E-state index is -4.11. The van der Waals surface area contributed by atoms with Gasteiger partial charge in [-0.2, -0.15) is 13.2 Å². The van der Waals surface area contributed by atoms with Crippen LogP contribution in [-0.2, 0) is 0 Å². The molecule has 0 atom stereocenters. The van der Waals surface area contributed by atoms with Gasteiger partial charge >= 0.3 is 6.18 Å². The third-order valence-electron chi connectivity index (χ3n) is 4.10. The molecule has 23 heavy (non-hydrogen) atoms. The zero-order valence-electron chi connectivity index (χ0n) is 13.3. The standard InChI is InChI=1S/C16H24F3N3O/c1-21(10-11-23)15-4-2-13(3-5-15)20-14-6-8-22(9-7-14)12-16(17,18)19/h2-5,14,20,23H,6-12H2,1H3. The van der Waals surface area contributed by atoms with E-state index in [-0.39, 0.29) is 12.6 Å². The molecule has 1 aromatic rings. The number of likely N-dealkylation sites (tertiary alicyclic amines) is 1. The third-order valence-corrected chi connectivity index (χ3v) is 4.10. The van der Waals surface area contributed by atoms with Crippen LogP contribution in [0.3, 0.4) is 0 Å². The van der Waals surface area contributed by atoms with E-state index in [1.165, 1.54) is 4.90 Å². The Morgan fingerprint density at radius 1 is 1.22 bits per heavy atom. The van der Waals surface area contributed by atoms with Crippen molar-refractivity contribution < 1.29 is 18.3 Å². The Bertz CT molecular complexity index is 470. The average molecular weight is 331 g/mol. The first-order chi connectivity index (χ1) is 10.9. The Balaban J connectivity index is 1.80. The van der Waals surface area contributed by atoms with Crippen molar-refractivity contribution >= 4 is 11.4 Å². The van der Waals surface area contributed by atoms with E-state index in [1.54, 1.807) is 0 Å². The van der Waals surface area contributed by atoms with E-state index in [9.17, 15) is 13.2 Å². The maximum atomic E-state index is 12.4. The van der Waals surface area contributed by atoms with E-state index < -0.39 is 12.7 Å². The van der Waals surface area contributed by atoms with Crippen LogP contribution in [0.5, 0.6) is 0 Å². The summed E-state index contributed by atoms with van der Waals surface area (Å²) in [5.41, 5.74) is 1.99. The van der Waals surface area contributed by atoms with Gasteiger partial charge in [-0.25, -0.2) is 0 Å². The Morgan fingerprint density at radius 2 is 1.83 bits per heavy atom. The molecule has 0 saturated carbocycles. The van der Waals surface area contributed by atoms with Crippen LogP contribution in [0.25, 0.3) is 0 Å². The fourth-order valence-corrected chi connectivity index (χ4v) is 2.82. The van der Waals surface area contributed by atoms with E-state index in [0.717, 1.165) is 11.4 Å². The fraction of sp³-hybridized carbons (Fsp3) is 0.625. The number of rotatable bonds is 6. The highest BCUT2D eigenvalue weighted by Crippen LogP contribution is 2.22. The van der Waals surface area contributed by atoms with Crippen molar-refractivity contribution in [2.75, 3.05) is 50.1 Å². The number of halogens is 3. The molecule has 4 nitrogen and oxygen atoms in total. The predicted molar refractivity (Wildman–Crippen MR) is 85.9 cm³/mol. The number of likely N-dealkylation sites (N-methyl/N-ethyl adjacent to an activating group) is 1. The minimum absolute atomic E-state index is 0.104. The van der Waals surface area contributed by atoms with Crippen LogP contribution < -0.4 is 10.2 Å². The predicted octanol–water partition coefficient (Wildman–Crippen LogP) is 2.55. The molecule has 1 fully saturated rings. The summed E-state index contributed by atoms with van der Waals surface area (Å²) in [5, 5.41) is 12.3. The molecule has 130 valence electrons. The van der Waals surface area contributed by atoms with E-state index in [2.05, 4.69) is 5.32 Å². The molecule has 0 spiro atoms. The van der Waals surface area contributed by atoms with Crippen LogP contribution in [0.4, 0.5) is 24.5 Å². The van der Waals surface area contributed by atoms with Gasteiger partial charge in [0, 0.05) is 44.1 Å². The lowest BCUT2D eigenvalue weighted by molar-refractivity contribution is -0.147. The zero-order valence-corrected chi connectivity index (χ0v) is 13.3. The number of nitrogens with zero attached hydrogens (tertiary/aromatic N) is 2. The van der Waals surface area contributed by atoms with Gasteiger partial charge in [0.1, 0.15) is 0 Å². The molecule has 0 amide bonds. The molecule has 0 aromatic heterocycles. The first-order valence-corrected chi connectivity index (χ1v) is 7.85. The number of hydrogen-bond donors (Lipinski definition) is 2. The summed E-state index contributed by atoms with van der Waals surface area (Å²) in [6, 6.07) is 8.07. The molecular formula is C16H24F3N3O. The number of aliphatic hydroxyl groups is 1. The van der Waals surface area contributed by atoms with Gasteiger partial charge in [-0.15, -0.1) is 0 Å². The highest BCUT2D eigenvalue weighted by atomic mass is 19.4. The van der Waals surface area contributed by atoms with Crippen LogP contribution in [0.2, 0.25) is 0 Å². The second kappa shape index (κ2) is 7.88. The molecule has 1 aromatic carbocycles. The van der Waals surface area contributed by atoms with Gasteiger partial charge in [0.25, 0.3) is 0 Å². The van der Waals surface area contributed by atoms with Crippen molar-refractivity contribution in [3.8, 4) is 0 Å². The van der Waals surface area contributed by atoms with Crippen LogP contribution in [0, 0.1) is 0 Å². The molecule has 1 aliphatic heterocycles. The maximum Gasteiger partial charge on any atom is 0.401 e. The smallest absolute Gasteiger partial charge is 0.395 e. The molecule has 2 rings (SSSR count). The SMILES string of the molecule is CN(CCO)c1ccc(NC2CCN(CC(F)(F)F)CC2)cc1. The van der Waals surface area contributed by atoms with Gasteiger partial charge in [0.15, 0.2) is 0 Å². The van der Waals surface area contributed by atoms with Crippen LogP contribution in [0.1, 0.15) is 12.8 Å². The molecule has 0 unspecified atom stereocenters. The van der Waals surface area contributed by atoms with E-state index in [0.29, 0.717) is 32.5 Å². The Hall–Kier alpha value is -1.47. The highest BCUT2D eigenvalue weighted by Gasteiger charge is 2.32. The van der Waals surface area contributed by atoms with Crippen molar-refractivity contribution in [2.45, 2.75) is 25.1 Å². The summed E-state index contributed by atoms with van der Waals surface area (Å²) >= 11 is 0. The van der Waals surface area contributed by atoms with Crippen molar-refractivity contribution in [1.29, 1.82) is 0 Å². The topological polar surface area (TPSA) is 38.7 Å². The molecule has 7 heteroatoms. The lowest BCUT2D eigenvalue weighted by Crippen LogP contribution is -2.43. The van der Waals surface area contributed by atoms with E-state index in [4.69, 9.17) is 5.11 Å². The number of nitrogens with one attached hydrogen (secondary N) is 1. The number of anilines is 2. The van der Waals surface area contributed by atoms with Crippen LogP contribution in [0.15, 0.2) is 24.3 Å². The summed E-state index contributed by atoms with van der Waals surface area (Å²) in [6.07, 6.45) is -2.69. The van der Waals surface area contributed by atoms with Crippen molar-refractivity contribution in [2.24, 2.45) is 0 Å². The number of benzene rings is 1. The lowest BCUT2D eigenvalue weighted by Gasteiger charge is -2.33. The monoisotopic (exact) mass is 331 g/mol. The van der Waals surface area contributed by atoms with Gasteiger partial charge in [0.05, 0.1) is 13.2 Å². The molecule has 0 aliphatic carbocycles. The zero-order chi connectivity index (χ0) is 16.9. The molecule has 2 N–H and O–H groups in total. The first-order valence-electron chi connectivity index (χ1n) is 7.85. The number of hydrogen-bond acceptors (Lipinski definition) is 4. The van der Waals surface area contributed by atoms with Gasteiger partial charge in [-0.1, -0.05) is 0 Å². The Morgan fingerprint density at radius 3 is 2.35 bits per heavy atom. The highest BCUT2D eigenvalue weighted by molar-refractivity contribution is 5.55. The second-order valence-electron chi connectivity index (χ2n) is 6.00. The summed E-state index contributed by atoms with van der Waals surface area (Å²) in [4.78, 5) is 3.42. The molecule has 1 aliphatic rings. The second-order valence-corrected chi connectivity index (χ2v) is 6.00. The van der Waals surface area contributed by atoms with Gasteiger partial charge < -0.3 is 15.3 Å². The van der Waals surface area contributed by atoms with Crippen molar-refractivity contribution in [3.63, 3.8) is 0 Å². The van der Waals surface area contributed by atoms with E-state index >= 15 is 0 Å². The number of piperidine rings is 1.